The summed E-state index contributed by atoms with van der Waals surface area (Å²) in [7, 11) is 3.29. The van der Waals surface area contributed by atoms with E-state index in [1.165, 1.54) is 5.56 Å². The van der Waals surface area contributed by atoms with Crippen molar-refractivity contribution < 1.29 is 9.47 Å². The number of hydrogen-bond donors (Lipinski definition) is 2. The minimum absolute atomic E-state index is 0.735. The van der Waals surface area contributed by atoms with Crippen LogP contribution in [0, 0.1) is 0 Å². The molecular formula is C14H23BrN2O2. The average molecular weight is 331 g/mol. The van der Waals surface area contributed by atoms with Gasteiger partial charge < -0.3 is 20.1 Å². The Hall–Kier alpha value is -0.780. The molecule has 0 atom stereocenters. The Morgan fingerprint density at radius 2 is 1.84 bits per heavy atom. The van der Waals surface area contributed by atoms with Gasteiger partial charge >= 0.3 is 0 Å². The smallest absolute Gasteiger partial charge is 0.174 e. The van der Waals surface area contributed by atoms with E-state index in [1.54, 1.807) is 14.2 Å². The Morgan fingerprint density at radius 3 is 2.47 bits per heavy atom. The molecule has 0 bridgehead atoms. The molecule has 0 amide bonds. The zero-order valence-corrected chi connectivity index (χ0v) is 13.5. The number of rotatable bonds is 9. The normalized spacial score (nSPS) is 10.5. The Labute approximate surface area is 124 Å². The van der Waals surface area contributed by atoms with Gasteiger partial charge in [-0.15, -0.1) is 0 Å². The highest BCUT2D eigenvalue weighted by Gasteiger charge is 2.10. The van der Waals surface area contributed by atoms with Gasteiger partial charge in [0.2, 0.25) is 0 Å². The number of benzene rings is 1. The van der Waals surface area contributed by atoms with Crippen LogP contribution in [0.15, 0.2) is 16.6 Å². The first-order chi connectivity index (χ1) is 9.22. The lowest BCUT2D eigenvalue weighted by molar-refractivity contribution is 0.352. The van der Waals surface area contributed by atoms with Gasteiger partial charge in [-0.3, -0.25) is 0 Å². The molecule has 1 aromatic rings. The number of nitrogens with one attached hydrogen (secondary N) is 2. The molecule has 19 heavy (non-hydrogen) atoms. The molecule has 108 valence electrons. The molecule has 1 aromatic carbocycles. The summed E-state index contributed by atoms with van der Waals surface area (Å²) < 4.78 is 11.5. The van der Waals surface area contributed by atoms with E-state index in [1.807, 2.05) is 6.07 Å². The summed E-state index contributed by atoms with van der Waals surface area (Å²) in [6, 6.07) is 4.06. The van der Waals surface area contributed by atoms with Gasteiger partial charge in [-0.1, -0.05) is 6.92 Å². The molecule has 0 aliphatic rings. The maximum absolute atomic E-state index is 5.32. The van der Waals surface area contributed by atoms with Crippen LogP contribution in [0.25, 0.3) is 0 Å². The molecule has 0 aliphatic heterocycles. The van der Waals surface area contributed by atoms with Crippen LogP contribution in [-0.2, 0) is 6.54 Å². The van der Waals surface area contributed by atoms with Gasteiger partial charge in [0.1, 0.15) is 0 Å². The van der Waals surface area contributed by atoms with Crippen LogP contribution >= 0.6 is 15.9 Å². The molecular weight excluding hydrogens is 308 g/mol. The lowest BCUT2D eigenvalue weighted by Crippen LogP contribution is -2.21. The Kier molecular flexibility index (Phi) is 7.86. The predicted molar refractivity (Wildman–Crippen MR) is 82.1 cm³/mol. The lowest BCUT2D eigenvalue weighted by atomic mass is 10.2. The van der Waals surface area contributed by atoms with Gasteiger partial charge in [0.05, 0.1) is 18.7 Å². The fourth-order valence-electron chi connectivity index (χ4n) is 1.82. The van der Waals surface area contributed by atoms with Crippen molar-refractivity contribution in [1.82, 2.24) is 10.6 Å². The van der Waals surface area contributed by atoms with Crippen LogP contribution in [0.2, 0.25) is 0 Å². The summed E-state index contributed by atoms with van der Waals surface area (Å²) >= 11 is 3.50. The largest absolute Gasteiger partial charge is 0.493 e. The zero-order chi connectivity index (χ0) is 14.1. The van der Waals surface area contributed by atoms with E-state index < -0.39 is 0 Å². The fourth-order valence-corrected chi connectivity index (χ4v) is 2.47. The van der Waals surface area contributed by atoms with Crippen LogP contribution < -0.4 is 20.1 Å². The summed E-state index contributed by atoms with van der Waals surface area (Å²) in [5.74, 6) is 1.49. The van der Waals surface area contributed by atoms with Gasteiger partial charge in [-0.05, 0) is 59.7 Å². The Morgan fingerprint density at radius 1 is 1.11 bits per heavy atom. The Balaban J connectivity index is 2.48. The van der Waals surface area contributed by atoms with Crippen LogP contribution in [-0.4, -0.2) is 33.9 Å². The molecule has 0 unspecified atom stereocenters. The average Bonchev–Trinajstić information content (AvgIpc) is 2.42. The van der Waals surface area contributed by atoms with Crippen LogP contribution in [0.1, 0.15) is 18.9 Å². The third kappa shape index (κ3) is 5.38. The van der Waals surface area contributed by atoms with Crippen molar-refractivity contribution in [1.29, 1.82) is 0 Å². The lowest BCUT2D eigenvalue weighted by Gasteiger charge is -2.12. The quantitative estimate of drug-likeness (QED) is 0.683. The van der Waals surface area contributed by atoms with Crippen molar-refractivity contribution in [3.8, 4) is 11.5 Å². The molecule has 0 aliphatic carbocycles. The number of methoxy groups -OCH3 is 2. The second-order valence-electron chi connectivity index (χ2n) is 4.20. The molecule has 0 saturated carbocycles. The van der Waals surface area contributed by atoms with Crippen molar-refractivity contribution in [3.63, 3.8) is 0 Å². The van der Waals surface area contributed by atoms with E-state index in [9.17, 15) is 0 Å². The monoisotopic (exact) mass is 330 g/mol. The second-order valence-corrected chi connectivity index (χ2v) is 5.05. The van der Waals surface area contributed by atoms with E-state index in [0.717, 1.165) is 48.6 Å². The summed E-state index contributed by atoms with van der Waals surface area (Å²) in [5, 5.41) is 6.72. The maximum atomic E-state index is 5.32. The molecule has 0 spiro atoms. The number of halogens is 1. The van der Waals surface area contributed by atoms with Crippen molar-refractivity contribution in [2.24, 2.45) is 0 Å². The molecule has 2 N–H and O–H groups in total. The molecule has 4 nitrogen and oxygen atoms in total. The van der Waals surface area contributed by atoms with Crippen molar-refractivity contribution in [2.45, 2.75) is 19.9 Å². The summed E-state index contributed by atoms with van der Waals surface area (Å²) in [4.78, 5) is 0. The number of hydrogen-bond acceptors (Lipinski definition) is 4. The molecule has 0 aromatic heterocycles. The third-order valence-corrected chi connectivity index (χ3v) is 3.37. The van der Waals surface area contributed by atoms with Crippen molar-refractivity contribution in [2.75, 3.05) is 33.9 Å². The summed E-state index contributed by atoms with van der Waals surface area (Å²) in [5.41, 5.74) is 1.17. The van der Waals surface area contributed by atoms with Gasteiger partial charge in [-0.25, -0.2) is 0 Å². The standard InChI is InChI=1S/C14H23BrN2O2/c1-4-16-6-5-7-17-10-11-8-12(15)14(19-3)13(9-11)18-2/h8-9,16-17H,4-7,10H2,1-3H3. The molecule has 0 fully saturated rings. The van der Waals surface area contributed by atoms with Crippen LogP contribution in [0.3, 0.4) is 0 Å². The van der Waals surface area contributed by atoms with Crippen LogP contribution in [0.4, 0.5) is 0 Å². The molecule has 5 heteroatoms. The molecule has 0 radical (unpaired) electrons. The zero-order valence-electron chi connectivity index (χ0n) is 11.9. The predicted octanol–water partition coefficient (Wildman–Crippen LogP) is 2.56. The maximum Gasteiger partial charge on any atom is 0.174 e. The minimum Gasteiger partial charge on any atom is -0.493 e. The molecule has 0 saturated heterocycles. The first-order valence-corrected chi connectivity index (χ1v) is 7.34. The molecule has 1 rings (SSSR count). The van der Waals surface area contributed by atoms with E-state index >= 15 is 0 Å². The van der Waals surface area contributed by atoms with Gasteiger partial charge in [0.25, 0.3) is 0 Å². The van der Waals surface area contributed by atoms with Crippen molar-refractivity contribution in [3.05, 3.63) is 22.2 Å². The number of ether oxygens (including phenoxy) is 2. The summed E-state index contributed by atoms with van der Waals surface area (Å²) in [6.07, 6.45) is 1.13. The highest BCUT2D eigenvalue weighted by atomic mass is 79.9. The third-order valence-electron chi connectivity index (χ3n) is 2.78. The van der Waals surface area contributed by atoms with Gasteiger partial charge in [-0.2, -0.15) is 0 Å². The van der Waals surface area contributed by atoms with Crippen LogP contribution in [0.5, 0.6) is 11.5 Å². The van der Waals surface area contributed by atoms with E-state index in [4.69, 9.17) is 9.47 Å². The van der Waals surface area contributed by atoms with Gasteiger partial charge in [0.15, 0.2) is 11.5 Å². The Bertz CT molecular complexity index is 386. The SMILES string of the molecule is CCNCCCNCc1cc(Br)c(OC)c(OC)c1. The van der Waals surface area contributed by atoms with E-state index in [0.29, 0.717) is 0 Å². The molecule has 0 heterocycles. The highest BCUT2D eigenvalue weighted by molar-refractivity contribution is 9.10. The van der Waals surface area contributed by atoms with Crippen molar-refractivity contribution >= 4 is 15.9 Å². The van der Waals surface area contributed by atoms with E-state index in [-0.39, 0.29) is 0 Å². The first-order valence-electron chi connectivity index (χ1n) is 6.54. The highest BCUT2D eigenvalue weighted by Crippen LogP contribution is 2.36. The first kappa shape index (κ1) is 16.3. The minimum atomic E-state index is 0.735. The second kappa shape index (κ2) is 9.18. The topological polar surface area (TPSA) is 42.5 Å². The fraction of sp³-hybridized carbons (Fsp3) is 0.571. The van der Waals surface area contributed by atoms with E-state index in [2.05, 4.69) is 39.6 Å². The van der Waals surface area contributed by atoms with Gasteiger partial charge in [0, 0.05) is 6.54 Å². The summed E-state index contributed by atoms with van der Waals surface area (Å²) in [6.45, 7) is 6.03.